The van der Waals surface area contributed by atoms with E-state index >= 15 is 0 Å². The Balaban J connectivity index is 1.62. The van der Waals surface area contributed by atoms with E-state index in [1.54, 1.807) is 30.6 Å². The lowest BCUT2D eigenvalue weighted by molar-refractivity contribution is 0.0460. The molecular formula is C16H18Cl2N4O2. The Bertz CT molecular complexity index is 664. The van der Waals surface area contributed by atoms with Crippen molar-refractivity contribution in [3.8, 4) is 5.75 Å². The minimum Gasteiger partial charge on any atom is -0.486 e. The molecule has 1 aliphatic rings. The highest BCUT2D eigenvalue weighted by Crippen LogP contribution is 2.25. The maximum Gasteiger partial charge on any atom is 0.225 e. The van der Waals surface area contributed by atoms with Gasteiger partial charge in [-0.25, -0.2) is 9.97 Å². The summed E-state index contributed by atoms with van der Waals surface area (Å²) < 4.78 is 11.2. The molecule has 24 heavy (non-hydrogen) atoms. The fourth-order valence-electron chi connectivity index (χ4n) is 2.42. The lowest BCUT2D eigenvalue weighted by Crippen LogP contribution is -2.46. The van der Waals surface area contributed by atoms with Crippen LogP contribution in [0.25, 0.3) is 0 Å². The lowest BCUT2D eigenvalue weighted by Gasteiger charge is -2.32. The zero-order valence-electron chi connectivity index (χ0n) is 13.0. The van der Waals surface area contributed by atoms with Crippen LogP contribution in [0.4, 0.5) is 5.95 Å². The second-order valence-electron chi connectivity index (χ2n) is 5.38. The van der Waals surface area contributed by atoms with Crippen molar-refractivity contribution < 1.29 is 9.47 Å². The van der Waals surface area contributed by atoms with Crippen LogP contribution in [0.15, 0.2) is 30.6 Å². The smallest absolute Gasteiger partial charge is 0.225 e. The van der Waals surface area contributed by atoms with Crippen molar-refractivity contribution in [2.24, 2.45) is 5.73 Å². The van der Waals surface area contributed by atoms with Crippen molar-refractivity contribution in [3.05, 3.63) is 46.2 Å². The van der Waals surface area contributed by atoms with Gasteiger partial charge in [-0.2, -0.15) is 0 Å². The number of hydrogen-bond donors (Lipinski definition) is 1. The minimum atomic E-state index is 0.0145. The van der Waals surface area contributed by atoms with Gasteiger partial charge < -0.3 is 20.1 Å². The predicted molar refractivity (Wildman–Crippen MR) is 93.8 cm³/mol. The van der Waals surface area contributed by atoms with Gasteiger partial charge in [-0.1, -0.05) is 29.3 Å². The fourth-order valence-corrected chi connectivity index (χ4v) is 2.92. The Morgan fingerprint density at radius 2 is 1.96 bits per heavy atom. The average molecular weight is 369 g/mol. The van der Waals surface area contributed by atoms with Gasteiger partial charge in [0.2, 0.25) is 5.95 Å². The first-order valence-corrected chi connectivity index (χ1v) is 8.37. The minimum absolute atomic E-state index is 0.0145. The molecule has 1 aromatic heterocycles. The van der Waals surface area contributed by atoms with Gasteiger partial charge in [0.05, 0.1) is 25.1 Å². The molecular weight excluding hydrogens is 351 g/mol. The van der Waals surface area contributed by atoms with Crippen LogP contribution in [0.5, 0.6) is 5.75 Å². The number of nitrogens with zero attached hydrogens (tertiary/aromatic N) is 3. The highest BCUT2D eigenvalue weighted by atomic mass is 35.5. The summed E-state index contributed by atoms with van der Waals surface area (Å²) in [6.45, 7) is 2.79. The number of nitrogens with two attached hydrogens (primary N) is 1. The normalized spacial score (nSPS) is 17.8. The first-order chi connectivity index (χ1) is 11.7. The third-order valence-corrected chi connectivity index (χ3v) is 4.45. The Hall–Kier alpha value is -1.60. The number of benzene rings is 1. The van der Waals surface area contributed by atoms with Crippen molar-refractivity contribution in [1.29, 1.82) is 0 Å². The quantitative estimate of drug-likeness (QED) is 0.873. The molecule has 8 heteroatoms. The topological polar surface area (TPSA) is 73.5 Å². The van der Waals surface area contributed by atoms with E-state index in [2.05, 4.69) is 14.9 Å². The first-order valence-electron chi connectivity index (χ1n) is 7.61. The van der Waals surface area contributed by atoms with Crippen LogP contribution < -0.4 is 15.4 Å². The molecule has 0 unspecified atom stereocenters. The van der Waals surface area contributed by atoms with Gasteiger partial charge in [-0.15, -0.1) is 0 Å². The van der Waals surface area contributed by atoms with Crippen LogP contribution in [0.1, 0.15) is 5.56 Å². The second-order valence-corrected chi connectivity index (χ2v) is 6.20. The summed E-state index contributed by atoms with van der Waals surface area (Å²) in [6.07, 6.45) is 3.29. The number of ether oxygens (including phenoxy) is 2. The molecule has 1 atom stereocenters. The fraction of sp³-hybridized carbons (Fsp3) is 0.375. The Labute approximate surface area is 150 Å². The maximum absolute atomic E-state index is 6.13. The molecule has 0 spiro atoms. The highest BCUT2D eigenvalue weighted by molar-refractivity contribution is 6.35. The highest BCUT2D eigenvalue weighted by Gasteiger charge is 2.21. The van der Waals surface area contributed by atoms with E-state index < -0.39 is 0 Å². The van der Waals surface area contributed by atoms with Crippen molar-refractivity contribution in [2.45, 2.75) is 12.7 Å². The second kappa shape index (κ2) is 7.98. The Morgan fingerprint density at radius 1 is 1.25 bits per heavy atom. The zero-order chi connectivity index (χ0) is 16.9. The molecule has 2 heterocycles. The van der Waals surface area contributed by atoms with E-state index in [9.17, 15) is 0 Å². The molecule has 0 amide bonds. The number of hydrogen-bond acceptors (Lipinski definition) is 6. The van der Waals surface area contributed by atoms with Gasteiger partial charge in [-0.3, -0.25) is 0 Å². The summed E-state index contributed by atoms with van der Waals surface area (Å²) in [4.78, 5) is 10.8. The molecule has 0 saturated carbocycles. The van der Waals surface area contributed by atoms with Gasteiger partial charge in [0.25, 0.3) is 0 Å². The number of morpholine rings is 1. The van der Waals surface area contributed by atoms with Crippen molar-refractivity contribution >= 4 is 29.2 Å². The molecule has 1 saturated heterocycles. The van der Waals surface area contributed by atoms with Gasteiger partial charge in [0.1, 0.15) is 6.61 Å². The largest absolute Gasteiger partial charge is 0.486 e. The SMILES string of the molecule is NC[C@H]1CN(c2ncc(OCc3c(Cl)cccc3Cl)cn2)CCO1. The molecule has 1 fully saturated rings. The molecule has 0 bridgehead atoms. The Morgan fingerprint density at radius 3 is 2.62 bits per heavy atom. The van der Waals surface area contributed by atoms with Gasteiger partial charge in [0.15, 0.2) is 5.75 Å². The van der Waals surface area contributed by atoms with Crippen molar-refractivity contribution in [3.63, 3.8) is 0 Å². The number of anilines is 1. The number of rotatable bonds is 5. The van der Waals surface area contributed by atoms with Crippen LogP contribution in [0.2, 0.25) is 10.0 Å². The van der Waals surface area contributed by atoms with Gasteiger partial charge in [0, 0.05) is 35.2 Å². The summed E-state index contributed by atoms with van der Waals surface area (Å²) >= 11 is 12.3. The van der Waals surface area contributed by atoms with E-state index in [-0.39, 0.29) is 12.7 Å². The molecule has 3 rings (SSSR count). The Kier molecular flexibility index (Phi) is 5.73. The van der Waals surface area contributed by atoms with Crippen molar-refractivity contribution in [2.75, 3.05) is 31.1 Å². The maximum atomic E-state index is 6.13. The molecule has 0 aliphatic carbocycles. The number of halogens is 2. The van der Waals surface area contributed by atoms with Crippen LogP contribution in [-0.4, -0.2) is 42.3 Å². The molecule has 128 valence electrons. The van der Waals surface area contributed by atoms with Gasteiger partial charge >= 0.3 is 0 Å². The standard InChI is InChI=1S/C16H18Cl2N4O2/c17-14-2-1-3-15(18)13(14)10-24-12-7-20-16(21-8-12)22-4-5-23-11(6-19)9-22/h1-3,7-8,11H,4-6,9-10,19H2/t11-/m0/s1. The summed E-state index contributed by atoms with van der Waals surface area (Å²) in [5.41, 5.74) is 6.39. The summed E-state index contributed by atoms with van der Waals surface area (Å²) in [7, 11) is 0. The summed E-state index contributed by atoms with van der Waals surface area (Å²) in [6, 6.07) is 5.35. The predicted octanol–water partition coefficient (Wildman–Crippen LogP) is 2.53. The first kappa shape index (κ1) is 17.2. The molecule has 2 N–H and O–H groups in total. The lowest BCUT2D eigenvalue weighted by atomic mass is 10.2. The molecule has 1 aromatic carbocycles. The van der Waals surface area contributed by atoms with E-state index in [4.69, 9.17) is 38.4 Å². The monoisotopic (exact) mass is 368 g/mol. The third kappa shape index (κ3) is 4.08. The van der Waals surface area contributed by atoms with E-state index in [1.165, 1.54) is 0 Å². The van der Waals surface area contributed by atoms with Gasteiger partial charge in [-0.05, 0) is 12.1 Å². The van der Waals surface area contributed by atoms with Crippen LogP contribution in [0, 0.1) is 0 Å². The van der Waals surface area contributed by atoms with Crippen molar-refractivity contribution in [1.82, 2.24) is 9.97 Å². The van der Waals surface area contributed by atoms with Crippen LogP contribution in [0.3, 0.4) is 0 Å². The molecule has 0 radical (unpaired) electrons. The molecule has 2 aromatic rings. The zero-order valence-corrected chi connectivity index (χ0v) is 14.5. The van der Waals surface area contributed by atoms with E-state index in [1.807, 2.05) is 0 Å². The molecule has 1 aliphatic heterocycles. The third-order valence-electron chi connectivity index (χ3n) is 3.74. The number of aromatic nitrogens is 2. The molecule has 6 nitrogen and oxygen atoms in total. The van der Waals surface area contributed by atoms with E-state index in [0.29, 0.717) is 41.4 Å². The summed E-state index contributed by atoms with van der Waals surface area (Å²) in [5, 5.41) is 1.14. The van der Waals surface area contributed by atoms with Crippen LogP contribution in [-0.2, 0) is 11.3 Å². The average Bonchev–Trinajstić information content (AvgIpc) is 2.62. The van der Waals surface area contributed by atoms with E-state index in [0.717, 1.165) is 12.1 Å². The summed E-state index contributed by atoms with van der Waals surface area (Å²) in [5.74, 6) is 1.19. The van der Waals surface area contributed by atoms with Crippen LogP contribution >= 0.6 is 23.2 Å².